The largest absolute Gasteiger partial charge is 0.417 e. The van der Waals surface area contributed by atoms with Gasteiger partial charge < -0.3 is 4.57 Å². The van der Waals surface area contributed by atoms with Crippen molar-refractivity contribution in [2.24, 2.45) is 0 Å². The fraction of sp³-hybridized carbons (Fsp3) is 0.214. The number of nitrogens with zero attached hydrogens (tertiary/aromatic N) is 2. The predicted molar refractivity (Wildman–Crippen MR) is 151 cm³/mol. The SMILES string of the molecule is CC(C)c1cc(-c2ccc(-c3cc(C(F)(F)F)c(C#N)c(=O)n3Cc3ccccc3Cl)s2)cc(S(C)(O)O)c1. The summed E-state index contributed by atoms with van der Waals surface area (Å²) in [5, 5.41) is 9.79. The predicted octanol–water partition coefficient (Wildman–Crippen LogP) is 8.70. The van der Waals surface area contributed by atoms with Crippen molar-refractivity contribution in [2.75, 3.05) is 6.26 Å². The topological polar surface area (TPSA) is 86.2 Å². The van der Waals surface area contributed by atoms with Crippen molar-refractivity contribution in [3.05, 3.63) is 98.3 Å². The highest BCUT2D eigenvalue weighted by atomic mass is 35.5. The molecule has 11 heteroatoms. The molecule has 204 valence electrons. The Kier molecular flexibility index (Phi) is 8.03. The van der Waals surface area contributed by atoms with Crippen LogP contribution in [0.15, 0.2) is 70.4 Å². The molecule has 0 aliphatic heterocycles. The number of halogens is 4. The molecule has 4 aromatic rings. The summed E-state index contributed by atoms with van der Waals surface area (Å²) < 4.78 is 63.5. The summed E-state index contributed by atoms with van der Waals surface area (Å²) in [5.74, 6) is 0.0820. The van der Waals surface area contributed by atoms with E-state index in [0.29, 0.717) is 30.8 Å². The van der Waals surface area contributed by atoms with E-state index in [9.17, 15) is 32.3 Å². The first-order valence-electron chi connectivity index (χ1n) is 11.7. The van der Waals surface area contributed by atoms with Crippen LogP contribution in [0.1, 0.15) is 42.0 Å². The van der Waals surface area contributed by atoms with Crippen molar-refractivity contribution < 1.29 is 22.3 Å². The van der Waals surface area contributed by atoms with Gasteiger partial charge in [-0.05, 0) is 65.1 Å². The molecule has 2 N–H and O–H groups in total. The van der Waals surface area contributed by atoms with Gasteiger partial charge in [-0.1, -0.05) is 43.6 Å². The summed E-state index contributed by atoms with van der Waals surface area (Å²) in [6.07, 6.45) is -3.59. The smallest absolute Gasteiger partial charge is 0.302 e. The summed E-state index contributed by atoms with van der Waals surface area (Å²) in [6, 6.07) is 17.5. The third kappa shape index (κ3) is 6.08. The number of hydrogen-bond acceptors (Lipinski definition) is 5. The number of aromatic nitrogens is 1. The van der Waals surface area contributed by atoms with Gasteiger partial charge in [-0.15, -0.1) is 11.3 Å². The van der Waals surface area contributed by atoms with Gasteiger partial charge in [-0.25, -0.2) is 0 Å². The molecule has 2 heterocycles. The first-order valence-corrected chi connectivity index (χ1v) is 14.8. The summed E-state index contributed by atoms with van der Waals surface area (Å²) in [5.41, 5.74) is -1.34. The van der Waals surface area contributed by atoms with Gasteiger partial charge in [0.25, 0.3) is 5.56 Å². The van der Waals surface area contributed by atoms with Crippen LogP contribution < -0.4 is 5.56 Å². The Labute approximate surface area is 234 Å². The number of pyridine rings is 1. The second kappa shape index (κ2) is 10.8. The number of thiophene rings is 1. The van der Waals surface area contributed by atoms with Crippen LogP contribution in [0.3, 0.4) is 0 Å². The Morgan fingerprint density at radius 1 is 1.08 bits per heavy atom. The highest BCUT2D eigenvalue weighted by Crippen LogP contribution is 2.47. The van der Waals surface area contributed by atoms with Gasteiger partial charge in [0.1, 0.15) is 11.6 Å². The lowest BCUT2D eigenvalue weighted by atomic mass is 10.0. The molecule has 4 rings (SSSR count). The maximum absolute atomic E-state index is 13.9. The first-order chi connectivity index (χ1) is 18.2. The molecule has 0 bridgehead atoms. The normalized spacial score (nSPS) is 12.5. The summed E-state index contributed by atoms with van der Waals surface area (Å²) in [7, 11) is -3.02. The third-order valence-corrected chi connectivity index (χ3v) is 8.84. The highest BCUT2D eigenvalue weighted by molar-refractivity contribution is 8.23. The molecular weight excluding hydrogens is 569 g/mol. The van der Waals surface area contributed by atoms with E-state index < -0.39 is 33.5 Å². The van der Waals surface area contributed by atoms with E-state index in [2.05, 4.69) is 0 Å². The number of hydrogen-bond donors (Lipinski definition) is 2. The van der Waals surface area contributed by atoms with E-state index in [4.69, 9.17) is 11.6 Å². The lowest BCUT2D eigenvalue weighted by Crippen LogP contribution is -2.28. The summed E-state index contributed by atoms with van der Waals surface area (Å²) >= 11 is 7.43. The molecule has 39 heavy (non-hydrogen) atoms. The van der Waals surface area contributed by atoms with Gasteiger partial charge in [-0.3, -0.25) is 13.9 Å². The molecule has 2 aromatic carbocycles. The average Bonchev–Trinajstić information content (AvgIpc) is 3.35. The fourth-order valence-electron chi connectivity index (χ4n) is 4.09. The van der Waals surface area contributed by atoms with Gasteiger partial charge >= 0.3 is 6.18 Å². The minimum absolute atomic E-state index is 0.0116. The average molecular weight is 593 g/mol. The van der Waals surface area contributed by atoms with E-state index >= 15 is 0 Å². The molecule has 0 fully saturated rings. The Hall–Kier alpha value is -3.07. The van der Waals surface area contributed by atoms with Crippen LogP contribution in [0.4, 0.5) is 13.2 Å². The molecule has 2 aromatic heterocycles. The lowest BCUT2D eigenvalue weighted by molar-refractivity contribution is -0.137. The molecule has 0 saturated heterocycles. The molecule has 0 saturated carbocycles. The van der Waals surface area contributed by atoms with Crippen molar-refractivity contribution in [3.8, 4) is 27.1 Å². The number of benzene rings is 2. The molecule has 0 unspecified atom stereocenters. The Bertz CT molecular complexity index is 1650. The maximum atomic E-state index is 13.9. The quantitative estimate of drug-likeness (QED) is 0.234. The second-order valence-electron chi connectivity index (χ2n) is 9.35. The van der Waals surface area contributed by atoms with Gasteiger partial charge in [0.05, 0.1) is 27.6 Å². The van der Waals surface area contributed by atoms with Crippen LogP contribution >= 0.6 is 33.5 Å². The van der Waals surface area contributed by atoms with Crippen LogP contribution in [0.2, 0.25) is 5.02 Å². The molecule has 0 atom stereocenters. The monoisotopic (exact) mass is 592 g/mol. The molecule has 0 aliphatic carbocycles. The number of alkyl halides is 3. The Balaban J connectivity index is 1.94. The summed E-state index contributed by atoms with van der Waals surface area (Å²) in [4.78, 5) is 14.7. The van der Waals surface area contributed by atoms with Crippen LogP contribution in [0.5, 0.6) is 0 Å². The van der Waals surface area contributed by atoms with E-state index in [0.717, 1.165) is 27.5 Å². The van der Waals surface area contributed by atoms with Gasteiger partial charge in [-0.2, -0.15) is 29.0 Å². The Morgan fingerprint density at radius 3 is 2.33 bits per heavy atom. The third-order valence-electron chi connectivity index (χ3n) is 6.19. The zero-order chi connectivity index (χ0) is 28.7. The number of nitriles is 1. The van der Waals surface area contributed by atoms with Crippen molar-refractivity contribution in [2.45, 2.75) is 37.4 Å². The van der Waals surface area contributed by atoms with Crippen molar-refractivity contribution in [1.29, 1.82) is 5.26 Å². The van der Waals surface area contributed by atoms with Crippen molar-refractivity contribution in [3.63, 3.8) is 0 Å². The molecule has 0 radical (unpaired) electrons. The Morgan fingerprint density at radius 2 is 1.74 bits per heavy atom. The molecule has 0 spiro atoms. The van der Waals surface area contributed by atoms with Crippen LogP contribution in [-0.4, -0.2) is 19.9 Å². The molecule has 0 amide bonds. The highest BCUT2D eigenvalue weighted by Gasteiger charge is 2.36. The second-order valence-corrected chi connectivity index (χ2v) is 13.0. The van der Waals surface area contributed by atoms with Crippen LogP contribution in [0.25, 0.3) is 21.0 Å². The van der Waals surface area contributed by atoms with Gasteiger partial charge in [0, 0.05) is 16.2 Å². The summed E-state index contributed by atoms with van der Waals surface area (Å²) in [6.45, 7) is 3.79. The first kappa shape index (κ1) is 28.9. The molecular formula is C28H24ClF3N2O3S2. The van der Waals surface area contributed by atoms with Crippen LogP contribution in [-0.2, 0) is 12.7 Å². The number of rotatable bonds is 6. The maximum Gasteiger partial charge on any atom is 0.417 e. The fourth-order valence-corrected chi connectivity index (χ4v) is 6.01. The van der Waals surface area contributed by atoms with E-state index in [1.807, 2.05) is 19.9 Å². The van der Waals surface area contributed by atoms with Crippen molar-refractivity contribution in [1.82, 2.24) is 4.57 Å². The van der Waals surface area contributed by atoms with Crippen molar-refractivity contribution >= 4 is 33.5 Å². The molecule has 5 nitrogen and oxygen atoms in total. The lowest BCUT2D eigenvalue weighted by Gasteiger charge is -2.28. The zero-order valence-corrected chi connectivity index (χ0v) is 23.5. The standard InChI is InChI=1S/C28H24ClF3N2O3S2/c1-16(2)18-10-19(12-20(11-18)39(3,36)37)25-8-9-26(38-25)24-13-22(28(30,31)32)21(14-33)27(35)34(24)15-17-6-4-5-7-23(17)29/h4-13,16,36-37H,15H2,1-3H3. The zero-order valence-electron chi connectivity index (χ0n) is 21.1. The van der Waals surface area contributed by atoms with Crippen LogP contribution in [0, 0.1) is 11.3 Å². The van der Waals surface area contributed by atoms with E-state index in [1.54, 1.807) is 48.5 Å². The molecule has 0 aliphatic rings. The van der Waals surface area contributed by atoms with E-state index in [-0.39, 0.29) is 18.2 Å². The van der Waals surface area contributed by atoms with Gasteiger partial charge in [0.2, 0.25) is 0 Å². The van der Waals surface area contributed by atoms with E-state index in [1.165, 1.54) is 12.3 Å². The minimum Gasteiger partial charge on any atom is -0.302 e. The van der Waals surface area contributed by atoms with Gasteiger partial charge in [0.15, 0.2) is 0 Å². The minimum atomic E-state index is -4.92.